The van der Waals surface area contributed by atoms with Gasteiger partial charge in [-0.25, -0.2) is 0 Å². The van der Waals surface area contributed by atoms with Gasteiger partial charge in [0.15, 0.2) is 24.8 Å². The molecule has 0 aliphatic carbocycles. The number of ether oxygens (including phenoxy) is 5. The Balaban J connectivity index is 2.36. The van der Waals surface area contributed by atoms with E-state index in [4.69, 9.17) is 23.7 Å². The average Bonchev–Trinajstić information content (AvgIpc) is 2.66. The van der Waals surface area contributed by atoms with Crippen LogP contribution in [0.4, 0.5) is 0 Å². The van der Waals surface area contributed by atoms with E-state index < -0.39 is 85.8 Å². The number of carbonyl (C=O) groups is 3. The minimum Gasteiger partial charge on any atom is -0.455 e. The summed E-state index contributed by atoms with van der Waals surface area (Å²) in [6.45, 7) is 4.14. The molecule has 0 spiro atoms. The zero-order chi connectivity index (χ0) is 23.5. The number of aliphatic hydroxyl groups is 4. The third-order valence-electron chi connectivity index (χ3n) is 4.90. The third-order valence-corrected chi connectivity index (χ3v) is 4.90. The molecular formula is C18H29NO12. The molecule has 5 N–H and O–H groups in total. The van der Waals surface area contributed by atoms with Crippen molar-refractivity contribution in [1.29, 1.82) is 0 Å². The van der Waals surface area contributed by atoms with Crippen LogP contribution in [0.5, 0.6) is 0 Å². The maximum Gasteiger partial charge on any atom is 0.303 e. The summed E-state index contributed by atoms with van der Waals surface area (Å²) in [5.74, 6) is -2.12. The standard InChI is InChI=1S/C18H29NO12/c1-6-12(24)15(28-8(3)22)16(29-9(4)23)18(27-6)31-14-11(19-7(2)21)17(26)30-10(5-20)13(14)25/h6,10-18,20,24-26H,5H2,1-4H3,(H,19,21)/t6-,10+,11+,12-,13+,14+,15+,16+,17+,18-/m0/s1. The summed E-state index contributed by atoms with van der Waals surface area (Å²) in [5, 5.41) is 43.0. The molecule has 0 saturated carbocycles. The van der Waals surface area contributed by atoms with Gasteiger partial charge in [0.1, 0.15) is 30.5 Å². The molecule has 2 saturated heterocycles. The molecule has 0 bridgehead atoms. The van der Waals surface area contributed by atoms with Crippen LogP contribution in [0, 0.1) is 0 Å². The van der Waals surface area contributed by atoms with Crippen LogP contribution in [0.3, 0.4) is 0 Å². The first-order valence-corrected chi connectivity index (χ1v) is 9.69. The van der Waals surface area contributed by atoms with Gasteiger partial charge in [-0.15, -0.1) is 0 Å². The second-order valence-electron chi connectivity index (χ2n) is 7.41. The molecule has 2 aliphatic rings. The van der Waals surface area contributed by atoms with Crippen LogP contribution < -0.4 is 5.32 Å². The monoisotopic (exact) mass is 451 g/mol. The molecule has 10 atom stereocenters. The Morgan fingerprint density at radius 3 is 2.00 bits per heavy atom. The van der Waals surface area contributed by atoms with E-state index in [1.807, 2.05) is 0 Å². The first-order valence-electron chi connectivity index (χ1n) is 9.69. The highest BCUT2D eigenvalue weighted by molar-refractivity contribution is 5.73. The summed E-state index contributed by atoms with van der Waals surface area (Å²) in [4.78, 5) is 34.7. The number of hydrogen-bond donors (Lipinski definition) is 5. The molecule has 13 nitrogen and oxygen atoms in total. The molecule has 0 aromatic rings. The van der Waals surface area contributed by atoms with Crippen molar-refractivity contribution in [1.82, 2.24) is 5.32 Å². The van der Waals surface area contributed by atoms with E-state index in [1.54, 1.807) is 0 Å². The van der Waals surface area contributed by atoms with Crippen LogP contribution in [0.2, 0.25) is 0 Å². The van der Waals surface area contributed by atoms with Crippen molar-refractivity contribution in [2.75, 3.05) is 6.61 Å². The lowest BCUT2D eigenvalue weighted by Crippen LogP contribution is -2.67. The minimum absolute atomic E-state index is 0.571. The van der Waals surface area contributed by atoms with Gasteiger partial charge in [0.2, 0.25) is 5.91 Å². The largest absolute Gasteiger partial charge is 0.455 e. The van der Waals surface area contributed by atoms with Crippen LogP contribution >= 0.6 is 0 Å². The lowest BCUT2D eigenvalue weighted by atomic mass is 9.95. The molecule has 2 rings (SSSR count). The van der Waals surface area contributed by atoms with Crippen LogP contribution in [0.15, 0.2) is 0 Å². The van der Waals surface area contributed by atoms with Crippen molar-refractivity contribution in [3.63, 3.8) is 0 Å². The van der Waals surface area contributed by atoms with Crippen LogP contribution in [0.25, 0.3) is 0 Å². The first kappa shape index (κ1) is 25.4. The minimum atomic E-state index is -1.66. The van der Waals surface area contributed by atoms with E-state index in [2.05, 4.69) is 5.32 Å². The van der Waals surface area contributed by atoms with Crippen molar-refractivity contribution < 1.29 is 58.5 Å². The van der Waals surface area contributed by atoms with Gasteiger partial charge >= 0.3 is 11.9 Å². The first-order chi connectivity index (χ1) is 14.5. The predicted octanol–water partition coefficient (Wildman–Crippen LogP) is -3.08. The van der Waals surface area contributed by atoms with Crippen molar-refractivity contribution in [3.05, 3.63) is 0 Å². The second-order valence-corrected chi connectivity index (χ2v) is 7.41. The number of esters is 2. The fourth-order valence-electron chi connectivity index (χ4n) is 3.53. The van der Waals surface area contributed by atoms with Gasteiger partial charge in [-0.3, -0.25) is 14.4 Å². The molecule has 0 unspecified atom stereocenters. The number of nitrogens with one attached hydrogen (secondary N) is 1. The lowest BCUT2D eigenvalue weighted by molar-refractivity contribution is -0.338. The van der Waals surface area contributed by atoms with E-state index in [0.717, 1.165) is 13.8 Å². The van der Waals surface area contributed by atoms with Gasteiger partial charge < -0.3 is 49.4 Å². The highest BCUT2D eigenvalue weighted by Crippen LogP contribution is 2.31. The van der Waals surface area contributed by atoms with E-state index in [0.29, 0.717) is 0 Å². The zero-order valence-electron chi connectivity index (χ0n) is 17.5. The van der Waals surface area contributed by atoms with Gasteiger partial charge in [-0.2, -0.15) is 0 Å². The number of amides is 1. The Morgan fingerprint density at radius 2 is 1.48 bits per heavy atom. The lowest BCUT2D eigenvalue weighted by Gasteiger charge is -2.47. The Morgan fingerprint density at radius 1 is 0.903 bits per heavy atom. The van der Waals surface area contributed by atoms with Gasteiger partial charge in [0.05, 0.1) is 12.7 Å². The van der Waals surface area contributed by atoms with Crippen molar-refractivity contribution in [2.24, 2.45) is 0 Å². The summed E-state index contributed by atoms with van der Waals surface area (Å²) >= 11 is 0. The highest BCUT2D eigenvalue weighted by Gasteiger charge is 2.53. The average molecular weight is 451 g/mol. The summed E-state index contributed by atoms with van der Waals surface area (Å²) in [6, 6.07) is -1.29. The molecule has 1 amide bonds. The molecule has 13 heteroatoms. The third kappa shape index (κ3) is 6.10. The molecule has 178 valence electrons. The molecule has 0 radical (unpaired) electrons. The Bertz CT molecular complexity index is 659. The van der Waals surface area contributed by atoms with E-state index >= 15 is 0 Å². The van der Waals surface area contributed by atoms with Gasteiger partial charge in [0, 0.05) is 20.8 Å². The smallest absolute Gasteiger partial charge is 0.303 e. The fraction of sp³-hybridized carbons (Fsp3) is 0.833. The van der Waals surface area contributed by atoms with E-state index in [1.165, 1.54) is 13.8 Å². The number of hydrogen-bond acceptors (Lipinski definition) is 12. The Kier molecular flexibility index (Phi) is 8.71. The highest BCUT2D eigenvalue weighted by atomic mass is 16.7. The van der Waals surface area contributed by atoms with E-state index in [-0.39, 0.29) is 0 Å². The molecule has 0 aromatic heterocycles. The summed E-state index contributed by atoms with van der Waals surface area (Å²) in [5.41, 5.74) is 0. The summed E-state index contributed by atoms with van der Waals surface area (Å²) in [7, 11) is 0. The SMILES string of the molecule is CC(=O)N[C@@H]1[C@@H](O[C@@H]2O[C@@H](C)[C@H](O)[C@@H](OC(C)=O)[C@H]2OC(C)=O)[C@H](O)[C@@H](CO)O[C@H]1O. The Labute approximate surface area is 178 Å². The second kappa shape index (κ2) is 10.6. The van der Waals surface area contributed by atoms with E-state index in [9.17, 15) is 34.8 Å². The zero-order valence-corrected chi connectivity index (χ0v) is 17.5. The fourth-order valence-corrected chi connectivity index (χ4v) is 3.53. The normalized spacial score (nSPS) is 40.6. The van der Waals surface area contributed by atoms with Crippen molar-refractivity contribution in [2.45, 2.75) is 89.0 Å². The van der Waals surface area contributed by atoms with Gasteiger partial charge in [-0.05, 0) is 6.92 Å². The number of carbonyl (C=O) groups excluding carboxylic acids is 3. The van der Waals surface area contributed by atoms with Gasteiger partial charge in [0.25, 0.3) is 0 Å². The topological polar surface area (TPSA) is 190 Å². The number of rotatable bonds is 6. The van der Waals surface area contributed by atoms with Crippen LogP contribution in [-0.4, -0.2) is 106 Å². The maximum absolute atomic E-state index is 11.6. The molecule has 2 heterocycles. The van der Waals surface area contributed by atoms with Crippen molar-refractivity contribution in [3.8, 4) is 0 Å². The van der Waals surface area contributed by atoms with Crippen LogP contribution in [-0.2, 0) is 38.1 Å². The molecule has 2 aliphatic heterocycles. The Hall–Kier alpha value is -1.87. The quantitative estimate of drug-likeness (QED) is 0.256. The van der Waals surface area contributed by atoms with Crippen molar-refractivity contribution >= 4 is 17.8 Å². The molecule has 31 heavy (non-hydrogen) atoms. The van der Waals surface area contributed by atoms with Gasteiger partial charge in [-0.1, -0.05) is 0 Å². The molecule has 0 aromatic carbocycles. The predicted molar refractivity (Wildman–Crippen MR) is 97.9 cm³/mol. The summed E-state index contributed by atoms with van der Waals surface area (Å²) < 4.78 is 26.8. The number of aliphatic hydroxyl groups excluding tert-OH is 4. The maximum atomic E-state index is 11.6. The molecular weight excluding hydrogens is 422 g/mol. The summed E-state index contributed by atoms with van der Waals surface area (Å²) in [6.07, 6.45) is -12.4. The van der Waals surface area contributed by atoms with Crippen LogP contribution in [0.1, 0.15) is 27.7 Å². The molecule has 2 fully saturated rings.